The van der Waals surface area contributed by atoms with E-state index in [1.807, 2.05) is 30.3 Å². The molecule has 1 heterocycles. The second kappa shape index (κ2) is 7.07. The summed E-state index contributed by atoms with van der Waals surface area (Å²) in [5.41, 5.74) is 1.03. The van der Waals surface area contributed by atoms with Crippen LogP contribution in [0.15, 0.2) is 46.9 Å². The fourth-order valence-electron chi connectivity index (χ4n) is 1.44. The largest absolute Gasteiger partial charge is 0.391 e. The summed E-state index contributed by atoms with van der Waals surface area (Å²) < 4.78 is 0. The van der Waals surface area contributed by atoms with Crippen LogP contribution in [-0.4, -0.2) is 12.0 Å². The minimum absolute atomic E-state index is 0.0490. The Bertz CT molecular complexity index is 566. The smallest absolute Gasteiger partial charge is 0.179 e. The second-order valence-electron chi connectivity index (χ2n) is 3.77. The number of halogens is 1. The number of carbonyl (C=O) groups is 1. The topological polar surface area (TPSA) is 38.7 Å². The van der Waals surface area contributed by atoms with Crippen molar-refractivity contribution in [2.24, 2.45) is 5.16 Å². The maximum Gasteiger partial charge on any atom is 0.179 e. The molecule has 0 N–H and O–H groups in total. The molecular formula is C14H12ClNO2S. The second-order valence-corrected chi connectivity index (χ2v) is 5.10. The third-order valence-electron chi connectivity index (χ3n) is 2.37. The molecule has 0 atom stereocenters. The van der Waals surface area contributed by atoms with E-state index >= 15 is 0 Å². The van der Waals surface area contributed by atoms with Crippen LogP contribution < -0.4 is 0 Å². The quantitative estimate of drug-likeness (QED) is 0.455. The van der Waals surface area contributed by atoms with E-state index in [4.69, 9.17) is 16.4 Å². The Hall–Kier alpha value is -1.65. The number of nitrogens with zero attached hydrogens (tertiary/aromatic N) is 1. The maximum atomic E-state index is 11.7. The van der Waals surface area contributed by atoms with Gasteiger partial charge in [0.05, 0.1) is 22.5 Å². The zero-order valence-electron chi connectivity index (χ0n) is 10.1. The molecule has 98 valence electrons. The van der Waals surface area contributed by atoms with Gasteiger partial charge in [0.15, 0.2) is 5.78 Å². The lowest BCUT2D eigenvalue weighted by atomic mass is 10.2. The van der Waals surface area contributed by atoms with Gasteiger partial charge in [0.2, 0.25) is 0 Å². The van der Waals surface area contributed by atoms with E-state index in [0.717, 1.165) is 5.56 Å². The minimum atomic E-state index is -0.0490. The van der Waals surface area contributed by atoms with Crippen LogP contribution in [0.2, 0.25) is 5.02 Å². The van der Waals surface area contributed by atoms with Crippen LogP contribution in [0, 0.1) is 0 Å². The zero-order chi connectivity index (χ0) is 13.5. The summed E-state index contributed by atoms with van der Waals surface area (Å²) >= 11 is 7.20. The summed E-state index contributed by atoms with van der Waals surface area (Å²) in [6, 6.07) is 11.4. The van der Waals surface area contributed by atoms with Crippen LogP contribution >= 0.6 is 22.9 Å². The van der Waals surface area contributed by atoms with E-state index < -0.39 is 0 Å². The highest BCUT2D eigenvalue weighted by Gasteiger charge is 2.10. The summed E-state index contributed by atoms with van der Waals surface area (Å²) in [5, 5.41) is 6.05. The van der Waals surface area contributed by atoms with Gasteiger partial charge >= 0.3 is 0 Å². The Morgan fingerprint density at radius 2 is 2.11 bits per heavy atom. The van der Waals surface area contributed by atoms with Crippen molar-refractivity contribution in [2.75, 3.05) is 0 Å². The van der Waals surface area contributed by atoms with E-state index in [9.17, 15) is 4.79 Å². The normalized spacial score (nSPS) is 10.8. The number of ketones is 1. The molecular weight excluding hydrogens is 282 g/mol. The van der Waals surface area contributed by atoms with Crippen LogP contribution in [0.1, 0.15) is 21.7 Å². The van der Waals surface area contributed by atoms with E-state index in [1.54, 1.807) is 11.4 Å². The first-order chi connectivity index (χ1) is 9.27. The van der Waals surface area contributed by atoms with Gasteiger partial charge in [0.25, 0.3) is 0 Å². The van der Waals surface area contributed by atoms with Gasteiger partial charge in [-0.15, -0.1) is 11.3 Å². The van der Waals surface area contributed by atoms with Crippen molar-refractivity contribution >= 4 is 34.9 Å². The monoisotopic (exact) mass is 293 g/mol. The Morgan fingerprint density at radius 1 is 1.32 bits per heavy atom. The van der Waals surface area contributed by atoms with Crippen LogP contribution in [0.3, 0.4) is 0 Å². The van der Waals surface area contributed by atoms with Crippen molar-refractivity contribution in [3.05, 3.63) is 57.2 Å². The maximum absolute atomic E-state index is 11.7. The van der Waals surface area contributed by atoms with Crippen LogP contribution in [0.5, 0.6) is 0 Å². The molecule has 1 aromatic carbocycles. The standard InChI is InChI=1S/C14H12ClNO2S/c15-12-7-9-19-14(12)13(17)6-8-16-18-10-11-4-2-1-3-5-11/h1-5,7-9H,6,10H2/b16-8-. The molecule has 0 unspecified atom stereocenters. The Kier molecular flexibility index (Phi) is 5.12. The number of hydrogen-bond acceptors (Lipinski definition) is 4. The van der Waals surface area contributed by atoms with Crippen LogP contribution in [0.4, 0.5) is 0 Å². The zero-order valence-corrected chi connectivity index (χ0v) is 11.7. The molecule has 0 amide bonds. The highest BCUT2D eigenvalue weighted by atomic mass is 35.5. The third-order valence-corrected chi connectivity index (χ3v) is 3.75. The molecule has 0 saturated heterocycles. The van der Waals surface area contributed by atoms with Gasteiger partial charge in [-0.2, -0.15) is 0 Å². The summed E-state index contributed by atoms with van der Waals surface area (Å²) in [4.78, 5) is 17.4. The molecule has 0 aliphatic rings. The molecule has 0 aliphatic carbocycles. The summed E-state index contributed by atoms with van der Waals surface area (Å²) in [7, 11) is 0. The molecule has 0 saturated carbocycles. The van der Waals surface area contributed by atoms with Crippen molar-refractivity contribution < 1.29 is 9.63 Å². The summed E-state index contributed by atoms with van der Waals surface area (Å²) in [6.45, 7) is 0.394. The number of benzene rings is 1. The van der Waals surface area contributed by atoms with Crippen LogP contribution in [0.25, 0.3) is 0 Å². The number of rotatable bonds is 6. The van der Waals surface area contributed by atoms with E-state index in [-0.39, 0.29) is 12.2 Å². The first kappa shape index (κ1) is 13.8. The third kappa shape index (κ3) is 4.19. The molecule has 1 aromatic heterocycles. The highest BCUT2D eigenvalue weighted by Crippen LogP contribution is 2.22. The van der Waals surface area contributed by atoms with Crippen molar-refractivity contribution in [3.63, 3.8) is 0 Å². The lowest BCUT2D eigenvalue weighted by Gasteiger charge is -1.98. The average molecular weight is 294 g/mol. The van der Waals surface area contributed by atoms with Crippen molar-refractivity contribution in [1.29, 1.82) is 0 Å². The number of thiophene rings is 1. The molecule has 2 aromatic rings. The van der Waals surface area contributed by atoms with Gasteiger partial charge in [-0.05, 0) is 17.0 Å². The first-order valence-electron chi connectivity index (χ1n) is 5.71. The van der Waals surface area contributed by atoms with Crippen molar-refractivity contribution in [3.8, 4) is 0 Å². The fraction of sp³-hybridized carbons (Fsp3) is 0.143. The van der Waals surface area contributed by atoms with Gasteiger partial charge in [-0.3, -0.25) is 4.79 Å². The Balaban J connectivity index is 1.75. The molecule has 0 radical (unpaired) electrons. The van der Waals surface area contributed by atoms with Crippen LogP contribution in [-0.2, 0) is 11.4 Å². The predicted octanol–water partition coefficient (Wildman–Crippen LogP) is 4.18. The molecule has 0 aliphatic heterocycles. The number of carbonyl (C=O) groups excluding carboxylic acids is 1. The summed E-state index contributed by atoms with van der Waals surface area (Å²) in [5.74, 6) is -0.0490. The fourth-order valence-corrected chi connectivity index (χ4v) is 2.56. The number of Topliss-reactive ketones (excluding diaryl/α,β-unsaturated/α-hetero) is 1. The van der Waals surface area contributed by atoms with Crippen molar-refractivity contribution in [2.45, 2.75) is 13.0 Å². The van der Waals surface area contributed by atoms with Gasteiger partial charge in [-0.1, -0.05) is 47.1 Å². The lowest BCUT2D eigenvalue weighted by Crippen LogP contribution is -1.97. The van der Waals surface area contributed by atoms with Gasteiger partial charge in [0.1, 0.15) is 6.61 Å². The van der Waals surface area contributed by atoms with Gasteiger partial charge in [-0.25, -0.2) is 0 Å². The van der Waals surface area contributed by atoms with Gasteiger partial charge in [0, 0.05) is 0 Å². The molecule has 0 bridgehead atoms. The number of oxime groups is 1. The van der Waals surface area contributed by atoms with E-state index in [2.05, 4.69) is 5.16 Å². The van der Waals surface area contributed by atoms with E-state index in [0.29, 0.717) is 16.5 Å². The first-order valence-corrected chi connectivity index (χ1v) is 6.97. The van der Waals surface area contributed by atoms with Crippen molar-refractivity contribution in [1.82, 2.24) is 0 Å². The molecule has 19 heavy (non-hydrogen) atoms. The molecule has 0 fully saturated rings. The molecule has 3 nitrogen and oxygen atoms in total. The SMILES string of the molecule is O=C(C/C=N\OCc1ccccc1)c1sccc1Cl. The van der Waals surface area contributed by atoms with E-state index in [1.165, 1.54) is 17.6 Å². The molecule has 2 rings (SSSR count). The Labute approximate surface area is 120 Å². The lowest BCUT2D eigenvalue weighted by molar-refractivity contribution is 0.1000. The highest BCUT2D eigenvalue weighted by molar-refractivity contribution is 7.12. The van der Waals surface area contributed by atoms with Gasteiger partial charge < -0.3 is 4.84 Å². The number of hydrogen-bond donors (Lipinski definition) is 0. The molecule has 0 spiro atoms. The Morgan fingerprint density at radius 3 is 2.79 bits per heavy atom. The molecule has 5 heteroatoms. The minimum Gasteiger partial charge on any atom is -0.391 e. The predicted molar refractivity (Wildman–Crippen MR) is 78.0 cm³/mol. The summed E-state index contributed by atoms with van der Waals surface area (Å²) in [6.07, 6.45) is 1.65. The average Bonchev–Trinajstić information content (AvgIpc) is 2.86.